The molecule has 1 saturated carbocycles. The maximum absolute atomic E-state index is 9.70. The number of nitrogens with one attached hydrogen (secondary N) is 1. The first kappa shape index (κ1) is 9.75. The van der Waals surface area contributed by atoms with Gasteiger partial charge in [0.2, 0.25) is 0 Å². The third kappa shape index (κ3) is 2.61. The minimum absolute atomic E-state index is 0.395. The predicted molar refractivity (Wildman–Crippen MR) is 51.1 cm³/mol. The summed E-state index contributed by atoms with van der Waals surface area (Å²) < 4.78 is 0. The molecule has 0 saturated heterocycles. The summed E-state index contributed by atoms with van der Waals surface area (Å²) in [7, 11) is 0. The molecule has 0 atom stereocenters. The van der Waals surface area contributed by atoms with Gasteiger partial charge in [0.1, 0.15) is 0 Å². The fourth-order valence-electron chi connectivity index (χ4n) is 1.36. The van der Waals surface area contributed by atoms with Crippen LogP contribution in [0.25, 0.3) is 0 Å². The van der Waals surface area contributed by atoms with Crippen LogP contribution in [0.1, 0.15) is 32.6 Å². The molecule has 0 radical (unpaired) electrons. The normalized spacial score (nSPS) is 20.2. The zero-order valence-electron chi connectivity index (χ0n) is 7.90. The number of hydrogen-bond acceptors (Lipinski definition) is 2. The first-order valence-electron chi connectivity index (χ1n) is 4.76. The van der Waals surface area contributed by atoms with Crippen LogP contribution < -0.4 is 5.32 Å². The average Bonchev–Trinajstić information content (AvgIpc) is 2.01. The molecule has 2 heteroatoms. The van der Waals surface area contributed by atoms with Crippen molar-refractivity contribution in [3.8, 4) is 0 Å². The van der Waals surface area contributed by atoms with Crippen molar-refractivity contribution < 1.29 is 5.11 Å². The maximum atomic E-state index is 9.70. The molecule has 1 rings (SSSR count). The van der Waals surface area contributed by atoms with E-state index in [4.69, 9.17) is 0 Å². The Bertz CT molecular complexity index is 161. The lowest BCUT2D eigenvalue weighted by Crippen LogP contribution is -2.46. The van der Waals surface area contributed by atoms with Crippen molar-refractivity contribution in [2.75, 3.05) is 13.1 Å². The van der Waals surface area contributed by atoms with Gasteiger partial charge in [-0.05, 0) is 25.7 Å². The Labute approximate surface area is 74.7 Å². The zero-order chi connectivity index (χ0) is 9.03. The minimum atomic E-state index is -0.395. The first-order valence-corrected chi connectivity index (χ1v) is 4.76. The molecular weight excluding hydrogens is 150 g/mol. The molecule has 0 heterocycles. The van der Waals surface area contributed by atoms with Crippen molar-refractivity contribution in [3.05, 3.63) is 12.2 Å². The molecule has 0 unspecified atom stereocenters. The molecule has 2 N–H and O–H groups in total. The highest BCUT2D eigenvalue weighted by Gasteiger charge is 2.33. The highest BCUT2D eigenvalue weighted by molar-refractivity contribution is 4.97. The highest BCUT2D eigenvalue weighted by Crippen LogP contribution is 2.30. The second-order valence-corrected chi connectivity index (χ2v) is 3.79. The lowest BCUT2D eigenvalue weighted by Gasteiger charge is -2.36. The van der Waals surface area contributed by atoms with Gasteiger partial charge in [-0.3, -0.25) is 0 Å². The highest BCUT2D eigenvalue weighted by atomic mass is 16.3. The molecule has 0 spiro atoms. The summed E-state index contributed by atoms with van der Waals surface area (Å²) in [5.74, 6) is 0. The molecule has 0 aromatic heterocycles. The molecule has 0 amide bonds. The van der Waals surface area contributed by atoms with Crippen LogP contribution in [0.5, 0.6) is 0 Å². The Hall–Kier alpha value is -0.340. The smallest absolute Gasteiger partial charge is 0.0771 e. The van der Waals surface area contributed by atoms with E-state index in [1.54, 1.807) is 0 Å². The summed E-state index contributed by atoms with van der Waals surface area (Å²) in [6.45, 7) is 7.57. The Morgan fingerprint density at radius 1 is 1.58 bits per heavy atom. The van der Waals surface area contributed by atoms with Gasteiger partial charge in [0.05, 0.1) is 5.60 Å². The van der Waals surface area contributed by atoms with Crippen LogP contribution in [0.4, 0.5) is 0 Å². The summed E-state index contributed by atoms with van der Waals surface area (Å²) in [4.78, 5) is 0. The van der Waals surface area contributed by atoms with E-state index in [0.29, 0.717) is 0 Å². The molecule has 0 aromatic rings. The van der Waals surface area contributed by atoms with Gasteiger partial charge in [-0.25, -0.2) is 0 Å². The number of aliphatic hydroxyl groups is 1. The molecule has 0 aromatic carbocycles. The lowest BCUT2D eigenvalue weighted by atomic mass is 9.80. The van der Waals surface area contributed by atoms with Gasteiger partial charge >= 0.3 is 0 Å². The van der Waals surface area contributed by atoms with Gasteiger partial charge in [-0.2, -0.15) is 0 Å². The summed E-state index contributed by atoms with van der Waals surface area (Å²) >= 11 is 0. The van der Waals surface area contributed by atoms with E-state index in [2.05, 4.69) is 18.8 Å². The first-order chi connectivity index (χ1) is 5.66. The van der Waals surface area contributed by atoms with Gasteiger partial charge in [0, 0.05) is 13.1 Å². The molecule has 1 aliphatic rings. The maximum Gasteiger partial charge on any atom is 0.0771 e. The van der Waals surface area contributed by atoms with Gasteiger partial charge in [0.25, 0.3) is 0 Å². The van der Waals surface area contributed by atoms with Crippen molar-refractivity contribution >= 4 is 0 Å². The van der Waals surface area contributed by atoms with Crippen molar-refractivity contribution in [2.45, 2.75) is 38.2 Å². The summed E-state index contributed by atoms with van der Waals surface area (Å²) in [6.07, 6.45) is 4.11. The zero-order valence-corrected chi connectivity index (χ0v) is 7.90. The second-order valence-electron chi connectivity index (χ2n) is 3.79. The fourth-order valence-corrected chi connectivity index (χ4v) is 1.36. The Morgan fingerprint density at radius 2 is 2.25 bits per heavy atom. The Morgan fingerprint density at radius 3 is 2.67 bits per heavy atom. The molecule has 12 heavy (non-hydrogen) atoms. The third-order valence-electron chi connectivity index (χ3n) is 2.61. The molecule has 70 valence electrons. The Balaban J connectivity index is 2.05. The quantitative estimate of drug-likeness (QED) is 0.611. The van der Waals surface area contributed by atoms with Crippen LogP contribution in [0.15, 0.2) is 12.2 Å². The lowest BCUT2D eigenvalue weighted by molar-refractivity contribution is -0.0306. The average molecular weight is 169 g/mol. The summed E-state index contributed by atoms with van der Waals surface area (Å²) in [5, 5.41) is 12.9. The molecule has 1 fully saturated rings. The second kappa shape index (κ2) is 4.06. The molecular formula is C10H19NO. The largest absolute Gasteiger partial charge is 0.389 e. The van der Waals surface area contributed by atoms with E-state index in [1.807, 2.05) is 0 Å². The van der Waals surface area contributed by atoms with Crippen molar-refractivity contribution in [1.82, 2.24) is 5.32 Å². The molecule has 2 nitrogen and oxygen atoms in total. The summed E-state index contributed by atoms with van der Waals surface area (Å²) in [6, 6.07) is 0. The van der Waals surface area contributed by atoms with E-state index in [9.17, 15) is 5.11 Å². The molecule has 1 aliphatic carbocycles. The van der Waals surface area contributed by atoms with Crippen LogP contribution in [0.2, 0.25) is 0 Å². The van der Waals surface area contributed by atoms with Crippen molar-refractivity contribution in [2.24, 2.45) is 0 Å². The van der Waals surface area contributed by atoms with Crippen LogP contribution in [-0.4, -0.2) is 23.8 Å². The van der Waals surface area contributed by atoms with Crippen LogP contribution in [0.3, 0.4) is 0 Å². The van der Waals surface area contributed by atoms with Gasteiger partial charge < -0.3 is 10.4 Å². The van der Waals surface area contributed by atoms with E-state index in [0.717, 1.165) is 32.4 Å². The standard InChI is InChI=1S/C10H19NO/c1-3-9(2)7-11-8-10(12)5-4-6-10/h11-12H,2-8H2,1H3. The van der Waals surface area contributed by atoms with E-state index in [-0.39, 0.29) is 0 Å². The number of hydrogen-bond donors (Lipinski definition) is 2. The summed E-state index contributed by atoms with van der Waals surface area (Å²) in [5.41, 5.74) is 0.812. The van der Waals surface area contributed by atoms with Crippen molar-refractivity contribution in [3.63, 3.8) is 0 Å². The SMILES string of the molecule is C=C(CC)CNCC1(O)CCC1. The fraction of sp³-hybridized carbons (Fsp3) is 0.800. The monoisotopic (exact) mass is 169 g/mol. The van der Waals surface area contributed by atoms with Crippen LogP contribution in [0, 0.1) is 0 Å². The van der Waals surface area contributed by atoms with Gasteiger partial charge in [-0.1, -0.05) is 19.1 Å². The molecule has 0 bridgehead atoms. The van der Waals surface area contributed by atoms with Crippen LogP contribution >= 0.6 is 0 Å². The number of rotatable bonds is 5. The van der Waals surface area contributed by atoms with Crippen molar-refractivity contribution in [1.29, 1.82) is 0 Å². The third-order valence-corrected chi connectivity index (χ3v) is 2.61. The van der Waals surface area contributed by atoms with E-state index < -0.39 is 5.60 Å². The Kier molecular flexibility index (Phi) is 3.29. The van der Waals surface area contributed by atoms with Crippen LogP contribution in [-0.2, 0) is 0 Å². The predicted octanol–water partition coefficient (Wildman–Crippen LogP) is 1.46. The topological polar surface area (TPSA) is 32.3 Å². The van der Waals surface area contributed by atoms with Gasteiger partial charge in [-0.15, -0.1) is 0 Å². The van der Waals surface area contributed by atoms with Gasteiger partial charge in [0.15, 0.2) is 0 Å². The minimum Gasteiger partial charge on any atom is -0.389 e. The van der Waals surface area contributed by atoms with E-state index in [1.165, 1.54) is 12.0 Å². The van der Waals surface area contributed by atoms with E-state index >= 15 is 0 Å². The molecule has 0 aliphatic heterocycles.